The van der Waals surface area contributed by atoms with Crippen LogP contribution in [-0.4, -0.2) is 12.0 Å². The molecular formula is C33H39NO. The van der Waals surface area contributed by atoms with Crippen molar-refractivity contribution in [2.45, 2.75) is 72.6 Å². The highest BCUT2D eigenvalue weighted by atomic mass is 16.1. The molecule has 182 valence electrons. The summed E-state index contributed by atoms with van der Waals surface area (Å²) in [5.74, 6) is 0.475. The molecule has 1 saturated carbocycles. The normalized spacial score (nSPS) is 14.2. The molecule has 1 aliphatic rings. The Labute approximate surface area is 211 Å². The number of aldehydes is 1. The van der Waals surface area contributed by atoms with Crippen LogP contribution >= 0.6 is 0 Å². The molecule has 0 spiro atoms. The Morgan fingerprint density at radius 3 is 2.11 bits per heavy atom. The number of rotatable bonds is 6. The number of benzene rings is 3. The molecule has 0 bridgehead atoms. The minimum atomic E-state index is 0.411. The molecule has 0 saturated heterocycles. The highest BCUT2D eigenvalue weighted by molar-refractivity contribution is 6.11. The standard InChI is InChI=1S/C25H31N.C8H8O/c1-16(2)22-13-17(3)14-23(19(22)5)24(26)15-18(4)20-7-9-21(10-8-20)25(6)11-12-25;1-7-4-2-3-5-8(7)6-9/h7-10,13-16,26H,11-12H2,1-6H3;2-6H,1H3/b18-15+,26-24?;. The molecule has 0 heterocycles. The molecule has 0 atom stereocenters. The SMILES string of the molecule is C/C(=C\C(=N)c1cc(C)cc(C(C)C)c1C)c1ccc(C2(C)CC2)cc1.Cc1ccccc1C=O. The summed E-state index contributed by atoms with van der Waals surface area (Å²) >= 11 is 0. The zero-order valence-corrected chi connectivity index (χ0v) is 22.3. The van der Waals surface area contributed by atoms with Crippen LogP contribution in [0.5, 0.6) is 0 Å². The van der Waals surface area contributed by atoms with Gasteiger partial charge in [0.25, 0.3) is 0 Å². The van der Waals surface area contributed by atoms with E-state index < -0.39 is 0 Å². The second kappa shape index (κ2) is 11.0. The Hall–Kier alpha value is -3.26. The lowest BCUT2D eigenvalue weighted by atomic mass is 9.89. The van der Waals surface area contributed by atoms with Gasteiger partial charge in [0, 0.05) is 11.1 Å². The van der Waals surface area contributed by atoms with E-state index in [0.717, 1.165) is 28.5 Å². The van der Waals surface area contributed by atoms with Crippen LogP contribution in [0.3, 0.4) is 0 Å². The van der Waals surface area contributed by atoms with Gasteiger partial charge < -0.3 is 5.41 Å². The minimum Gasteiger partial charge on any atom is -0.300 e. The van der Waals surface area contributed by atoms with E-state index in [1.165, 1.54) is 40.7 Å². The third kappa shape index (κ3) is 6.45. The molecule has 2 heteroatoms. The van der Waals surface area contributed by atoms with E-state index in [1.807, 2.05) is 37.3 Å². The molecule has 1 N–H and O–H groups in total. The van der Waals surface area contributed by atoms with Gasteiger partial charge in [-0.1, -0.05) is 80.9 Å². The van der Waals surface area contributed by atoms with Gasteiger partial charge in [-0.25, -0.2) is 0 Å². The molecule has 0 aliphatic heterocycles. The Morgan fingerprint density at radius 1 is 0.971 bits per heavy atom. The van der Waals surface area contributed by atoms with Crippen LogP contribution in [0.2, 0.25) is 0 Å². The maximum atomic E-state index is 10.2. The largest absolute Gasteiger partial charge is 0.300 e. The van der Waals surface area contributed by atoms with E-state index in [1.54, 1.807) is 0 Å². The summed E-state index contributed by atoms with van der Waals surface area (Å²) < 4.78 is 0. The summed E-state index contributed by atoms with van der Waals surface area (Å²) in [4.78, 5) is 10.2. The van der Waals surface area contributed by atoms with Crippen molar-refractivity contribution in [1.29, 1.82) is 5.41 Å². The van der Waals surface area contributed by atoms with Crippen molar-refractivity contribution in [3.63, 3.8) is 0 Å². The van der Waals surface area contributed by atoms with Gasteiger partial charge in [0.05, 0.1) is 5.71 Å². The third-order valence-electron chi connectivity index (χ3n) is 7.22. The lowest BCUT2D eigenvalue weighted by Gasteiger charge is -2.16. The fraction of sp³-hybridized carbons (Fsp3) is 0.333. The number of hydrogen-bond acceptors (Lipinski definition) is 2. The molecule has 0 radical (unpaired) electrons. The number of carbonyl (C=O) groups excluding carboxylic acids is 1. The van der Waals surface area contributed by atoms with Crippen molar-refractivity contribution in [3.8, 4) is 0 Å². The molecule has 35 heavy (non-hydrogen) atoms. The van der Waals surface area contributed by atoms with Gasteiger partial charge in [-0.15, -0.1) is 0 Å². The zero-order chi connectivity index (χ0) is 25.8. The summed E-state index contributed by atoms with van der Waals surface area (Å²) in [5, 5.41) is 8.66. The van der Waals surface area contributed by atoms with Crippen molar-refractivity contribution < 1.29 is 4.79 Å². The molecule has 1 fully saturated rings. The maximum Gasteiger partial charge on any atom is 0.150 e. The predicted octanol–water partition coefficient (Wildman–Crippen LogP) is 8.76. The van der Waals surface area contributed by atoms with Crippen molar-refractivity contribution in [3.05, 3.63) is 111 Å². The molecular weight excluding hydrogens is 426 g/mol. The molecule has 2 nitrogen and oxygen atoms in total. The summed E-state index contributed by atoms with van der Waals surface area (Å²) in [6, 6.07) is 20.8. The quantitative estimate of drug-likeness (QED) is 0.287. The Morgan fingerprint density at radius 2 is 1.60 bits per heavy atom. The van der Waals surface area contributed by atoms with Crippen LogP contribution < -0.4 is 0 Å². The average Bonchev–Trinajstić information content (AvgIpc) is 3.59. The molecule has 3 aromatic rings. The number of aryl methyl sites for hydroxylation is 2. The molecule has 0 unspecified atom stereocenters. The van der Waals surface area contributed by atoms with Gasteiger partial charge in [0.2, 0.25) is 0 Å². The van der Waals surface area contributed by atoms with E-state index in [9.17, 15) is 4.79 Å². The molecule has 0 aromatic heterocycles. The Balaban J connectivity index is 0.000000320. The van der Waals surface area contributed by atoms with Crippen molar-refractivity contribution in [2.24, 2.45) is 0 Å². The second-order valence-corrected chi connectivity index (χ2v) is 10.5. The molecule has 1 aliphatic carbocycles. The van der Waals surface area contributed by atoms with Gasteiger partial charge in [0.1, 0.15) is 6.29 Å². The van der Waals surface area contributed by atoms with Crippen LogP contribution in [0.25, 0.3) is 5.57 Å². The summed E-state index contributed by atoms with van der Waals surface area (Å²) in [6.45, 7) is 15.1. The van der Waals surface area contributed by atoms with E-state index in [4.69, 9.17) is 5.41 Å². The lowest BCUT2D eigenvalue weighted by Crippen LogP contribution is -2.05. The highest BCUT2D eigenvalue weighted by Gasteiger charge is 2.38. The number of allylic oxidation sites excluding steroid dienone is 2. The smallest absolute Gasteiger partial charge is 0.150 e. The van der Waals surface area contributed by atoms with Crippen LogP contribution in [0.15, 0.2) is 66.7 Å². The van der Waals surface area contributed by atoms with Crippen molar-refractivity contribution in [2.75, 3.05) is 0 Å². The number of hydrogen-bond donors (Lipinski definition) is 1. The summed E-state index contributed by atoms with van der Waals surface area (Å²) in [7, 11) is 0. The molecule has 3 aromatic carbocycles. The van der Waals surface area contributed by atoms with Crippen LogP contribution in [0, 0.1) is 26.2 Å². The fourth-order valence-corrected chi connectivity index (χ4v) is 4.47. The van der Waals surface area contributed by atoms with Gasteiger partial charge in [-0.05, 0) is 97.4 Å². The second-order valence-electron chi connectivity index (χ2n) is 10.5. The Bertz CT molecular complexity index is 1240. The lowest BCUT2D eigenvalue weighted by molar-refractivity contribution is 0.112. The Kier molecular flexibility index (Phi) is 8.27. The van der Waals surface area contributed by atoms with E-state index in [0.29, 0.717) is 17.0 Å². The highest BCUT2D eigenvalue weighted by Crippen LogP contribution is 2.47. The topological polar surface area (TPSA) is 40.9 Å². The number of carbonyl (C=O) groups is 1. The van der Waals surface area contributed by atoms with Gasteiger partial charge in [0.15, 0.2) is 0 Å². The maximum absolute atomic E-state index is 10.2. The van der Waals surface area contributed by atoms with Gasteiger partial charge >= 0.3 is 0 Å². The van der Waals surface area contributed by atoms with Crippen LogP contribution in [-0.2, 0) is 5.41 Å². The van der Waals surface area contributed by atoms with E-state index in [-0.39, 0.29) is 0 Å². The monoisotopic (exact) mass is 465 g/mol. The first-order valence-electron chi connectivity index (χ1n) is 12.6. The van der Waals surface area contributed by atoms with Gasteiger partial charge in [-0.2, -0.15) is 0 Å². The molecule has 0 amide bonds. The van der Waals surface area contributed by atoms with E-state index >= 15 is 0 Å². The zero-order valence-electron chi connectivity index (χ0n) is 22.3. The average molecular weight is 466 g/mol. The first-order chi connectivity index (χ1) is 16.6. The summed E-state index contributed by atoms with van der Waals surface area (Å²) in [5.41, 5.74) is 11.5. The van der Waals surface area contributed by atoms with E-state index in [2.05, 4.69) is 77.9 Å². The van der Waals surface area contributed by atoms with Crippen LogP contribution in [0.1, 0.15) is 95.8 Å². The minimum absolute atomic E-state index is 0.411. The summed E-state index contributed by atoms with van der Waals surface area (Å²) in [6.07, 6.45) is 5.49. The van der Waals surface area contributed by atoms with Crippen molar-refractivity contribution in [1.82, 2.24) is 0 Å². The molecule has 4 rings (SSSR count). The predicted molar refractivity (Wildman–Crippen MR) is 150 cm³/mol. The number of nitrogens with one attached hydrogen (secondary N) is 1. The fourth-order valence-electron chi connectivity index (χ4n) is 4.47. The van der Waals surface area contributed by atoms with Crippen molar-refractivity contribution >= 4 is 17.6 Å². The first kappa shape index (κ1) is 26.3. The third-order valence-corrected chi connectivity index (χ3v) is 7.22. The van der Waals surface area contributed by atoms with Gasteiger partial charge in [-0.3, -0.25) is 4.79 Å². The van der Waals surface area contributed by atoms with Crippen LogP contribution in [0.4, 0.5) is 0 Å². The first-order valence-corrected chi connectivity index (χ1v) is 12.6.